The van der Waals surface area contributed by atoms with E-state index in [1.807, 2.05) is 0 Å². The van der Waals surface area contributed by atoms with Crippen molar-refractivity contribution in [1.82, 2.24) is 0 Å². The highest BCUT2D eigenvalue weighted by atomic mass is 32.2. The number of ether oxygens (including phenoxy) is 1. The molecule has 1 aliphatic rings. The Balaban J connectivity index is 2.10. The van der Waals surface area contributed by atoms with E-state index in [2.05, 4.69) is 6.07 Å². The van der Waals surface area contributed by atoms with Crippen LogP contribution in [0.25, 0.3) is 0 Å². The molecule has 0 bridgehead atoms. The molecule has 3 rings (SSSR count). The van der Waals surface area contributed by atoms with Gasteiger partial charge in [0.25, 0.3) is 0 Å². The van der Waals surface area contributed by atoms with Crippen LogP contribution in [-0.2, 0) is 14.6 Å². The largest absolute Gasteiger partial charge is 0.383 e. The first kappa shape index (κ1) is 16.6. The van der Waals surface area contributed by atoms with Gasteiger partial charge in [-0.3, -0.25) is 0 Å². The van der Waals surface area contributed by atoms with E-state index < -0.39 is 32.2 Å². The summed E-state index contributed by atoms with van der Waals surface area (Å²) in [5.41, 5.74) is -0.713. The molecule has 0 radical (unpaired) electrons. The third-order valence-corrected chi connectivity index (χ3v) is 6.75. The summed E-state index contributed by atoms with van der Waals surface area (Å²) in [7, 11) is -2.32. The van der Waals surface area contributed by atoms with Gasteiger partial charge in [-0.2, -0.15) is 5.26 Å². The van der Waals surface area contributed by atoms with Gasteiger partial charge in [0.2, 0.25) is 0 Å². The first-order valence-corrected chi connectivity index (χ1v) is 8.96. The van der Waals surface area contributed by atoms with Crippen LogP contribution in [0.5, 0.6) is 0 Å². The van der Waals surface area contributed by atoms with E-state index in [1.165, 1.54) is 37.4 Å². The average molecular weight is 345 g/mol. The molecule has 0 spiro atoms. The number of nitriles is 1. The number of nitrogens with zero attached hydrogens (tertiary/aromatic N) is 1. The van der Waals surface area contributed by atoms with Crippen molar-refractivity contribution in [2.45, 2.75) is 16.1 Å². The fourth-order valence-corrected chi connectivity index (χ4v) is 5.70. The van der Waals surface area contributed by atoms with Gasteiger partial charge in [-0.15, -0.1) is 0 Å². The highest BCUT2D eigenvalue weighted by molar-refractivity contribution is 7.92. The molecule has 2 aromatic rings. The molecule has 24 heavy (non-hydrogen) atoms. The Morgan fingerprint density at radius 3 is 2.50 bits per heavy atom. The fourth-order valence-electron chi connectivity index (χ4n) is 3.37. The zero-order valence-electron chi connectivity index (χ0n) is 13.0. The Kier molecular flexibility index (Phi) is 4.16. The third kappa shape index (κ3) is 2.50. The predicted molar refractivity (Wildman–Crippen MR) is 86.5 cm³/mol. The zero-order valence-corrected chi connectivity index (χ0v) is 13.8. The standard InChI is InChI=1S/C18H16FNO3S/c1-23-12-18(11-20)16(13-6-5-7-14(19)10-13)17(18)24(21,22)15-8-3-2-4-9-15/h2-10,16-17H,12H2,1H3. The second kappa shape index (κ2) is 6.00. The van der Waals surface area contributed by atoms with Crippen LogP contribution in [0.3, 0.4) is 0 Å². The molecule has 0 heterocycles. The van der Waals surface area contributed by atoms with E-state index >= 15 is 0 Å². The highest BCUT2D eigenvalue weighted by Gasteiger charge is 2.72. The molecule has 0 aliphatic heterocycles. The quantitative estimate of drug-likeness (QED) is 0.836. The Hall–Kier alpha value is -2.23. The van der Waals surface area contributed by atoms with E-state index in [-0.39, 0.29) is 11.5 Å². The Morgan fingerprint density at radius 1 is 1.21 bits per heavy atom. The van der Waals surface area contributed by atoms with Crippen molar-refractivity contribution in [3.63, 3.8) is 0 Å². The van der Waals surface area contributed by atoms with Gasteiger partial charge in [0.05, 0.1) is 22.8 Å². The van der Waals surface area contributed by atoms with Crippen LogP contribution in [0.4, 0.5) is 4.39 Å². The number of rotatable bonds is 5. The van der Waals surface area contributed by atoms with Crippen LogP contribution in [0, 0.1) is 22.6 Å². The minimum atomic E-state index is -3.74. The molecule has 0 saturated heterocycles. The topological polar surface area (TPSA) is 67.2 Å². The van der Waals surface area contributed by atoms with Gasteiger partial charge in [-0.1, -0.05) is 30.3 Å². The summed E-state index contributed by atoms with van der Waals surface area (Å²) < 4.78 is 44.7. The monoisotopic (exact) mass is 345 g/mol. The van der Waals surface area contributed by atoms with E-state index in [9.17, 15) is 18.1 Å². The van der Waals surface area contributed by atoms with Crippen molar-refractivity contribution in [2.75, 3.05) is 13.7 Å². The smallest absolute Gasteiger partial charge is 0.183 e. The summed E-state index contributed by atoms with van der Waals surface area (Å²) in [6.07, 6.45) is 0. The molecule has 1 fully saturated rings. The van der Waals surface area contributed by atoms with Crippen LogP contribution in [-0.4, -0.2) is 27.4 Å². The molecule has 0 aromatic heterocycles. The minimum absolute atomic E-state index is 0.0264. The van der Waals surface area contributed by atoms with E-state index in [4.69, 9.17) is 4.74 Å². The SMILES string of the molecule is COCC1(C#N)C(c2cccc(F)c2)C1S(=O)(=O)c1ccccc1. The van der Waals surface area contributed by atoms with Crippen LogP contribution in [0.15, 0.2) is 59.5 Å². The molecule has 1 saturated carbocycles. The summed E-state index contributed by atoms with van der Waals surface area (Å²) in [5, 5.41) is 8.72. The zero-order chi connectivity index (χ0) is 17.4. The molecular weight excluding hydrogens is 329 g/mol. The summed E-state index contributed by atoms with van der Waals surface area (Å²) in [5.74, 6) is -1.08. The first-order chi connectivity index (χ1) is 11.5. The lowest BCUT2D eigenvalue weighted by molar-refractivity contribution is 0.162. The summed E-state index contributed by atoms with van der Waals surface area (Å²) >= 11 is 0. The van der Waals surface area contributed by atoms with Gasteiger partial charge in [0, 0.05) is 13.0 Å². The van der Waals surface area contributed by atoms with Gasteiger partial charge in [-0.25, -0.2) is 12.8 Å². The minimum Gasteiger partial charge on any atom is -0.383 e. The molecule has 1 aliphatic carbocycles. The number of hydrogen-bond donors (Lipinski definition) is 0. The number of methoxy groups -OCH3 is 1. The van der Waals surface area contributed by atoms with Crippen molar-refractivity contribution in [3.8, 4) is 6.07 Å². The van der Waals surface area contributed by atoms with Crippen LogP contribution in [0.2, 0.25) is 0 Å². The first-order valence-electron chi connectivity index (χ1n) is 7.42. The Morgan fingerprint density at radius 2 is 1.92 bits per heavy atom. The molecule has 0 N–H and O–H groups in total. The van der Waals surface area contributed by atoms with E-state index in [1.54, 1.807) is 24.3 Å². The number of hydrogen-bond acceptors (Lipinski definition) is 4. The summed E-state index contributed by atoms with van der Waals surface area (Å²) in [6, 6.07) is 15.9. The maximum Gasteiger partial charge on any atom is 0.183 e. The van der Waals surface area contributed by atoms with Crippen LogP contribution >= 0.6 is 0 Å². The lowest BCUT2D eigenvalue weighted by Crippen LogP contribution is -2.19. The molecule has 2 aromatic carbocycles. The summed E-state index contributed by atoms with van der Waals surface area (Å²) in [6.45, 7) is -0.0264. The molecule has 3 unspecified atom stereocenters. The lowest BCUT2D eigenvalue weighted by Gasteiger charge is -2.08. The van der Waals surface area contributed by atoms with Crippen LogP contribution in [0.1, 0.15) is 11.5 Å². The van der Waals surface area contributed by atoms with Gasteiger partial charge < -0.3 is 4.74 Å². The number of halogens is 1. The highest BCUT2D eigenvalue weighted by Crippen LogP contribution is 2.63. The lowest BCUT2D eigenvalue weighted by atomic mass is 10.0. The molecule has 3 atom stereocenters. The molecular formula is C18H16FNO3S. The van der Waals surface area contributed by atoms with Crippen LogP contribution < -0.4 is 0 Å². The third-order valence-electron chi connectivity index (χ3n) is 4.46. The summed E-state index contributed by atoms with van der Waals surface area (Å²) in [4.78, 5) is 0.157. The van der Waals surface area contributed by atoms with Gasteiger partial charge >= 0.3 is 0 Å². The predicted octanol–water partition coefficient (Wildman–Crippen LogP) is 2.92. The average Bonchev–Trinajstić information content (AvgIpc) is 3.26. The second-order valence-electron chi connectivity index (χ2n) is 5.90. The van der Waals surface area contributed by atoms with Gasteiger partial charge in [-0.05, 0) is 29.8 Å². The van der Waals surface area contributed by atoms with Crippen molar-refractivity contribution in [3.05, 3.63) is 66.0 Å². The maximum absolute atomic E-state index is 13.6. The van der Waals surface area contributed by atoms with Crippen molar-refractivity contribution >= 4 is 9.84 Å². The fraction of sp³-hybridized carbons (Fsp3) is 0.278. The van der Waals surface area contributed by atoms with Crippen molar-refractivity contribution in [1.29, 1.82) is 5.26 Å². The number of benzene rings is 2. The normalized spacial score (nSPS) is 25.9. The van der Waals surface area contributed by atoms with Gasteiger partial charge in [0.15, 0.2) is 9.84 Å². The van der Waals surface area contributed by atoms with Gasteiger partial charge in [0.1, 0.15) is 11.2 Å². The Labute approximate surface area is 140 Å². The van der Waals surface area contributed by atoms with Crippen molar-refractivity contribution < 1.29 is 17.5 Å². The molecule has 4 nitrogen and oxygen atoms in total. The van der Waals surface area contributed by atoms with E-state index in [0.29, 0.717) is 5.56 Å². The van der Waals surface area contributed by atoms with Crippen molar-refractivity contribution in [2.24, 2.45) is 5.41 Å². The maximum atomic E-state index is 13.6. The molecule has 124 valence electrons. The second-order valence-corrected chi connectivity index (χ2v) is 7.97. The molecule has 6 heteroatoms. The Bertz CT molecular complexity index is 892. The molecule has 0 amide bonds. The number of sulfone groups is 1. The van der Waals surface area contributed by atoms with E-state index in [0.717, 1.165) is 0 Å².